The lowest BCUT2D eigenvalue weighted by Gasteiger charge is -2.04. The second-order valence-corrected chi connectivity index (χ2v) is 3.45. The van der Waals surface area contributed by atoms with Crippen molar-refractivity contribution in [1.82, 2.24) is 4.98 Å². The van der Waals surface area contributed by atoms with Gasteiger partial charge in [-0.1, -0.05) is 6.07 Å². The van der Waals surface area contributed by atoms with Gasteiger partial charge in [-0.25, -0.2) is 13.8 Å². The molecule has 0 radical (unpaired) electrons. The highest BCUT2D eigenvalue weighted by Crippen LogP contribution is 2.21. The zero-order valence-corrected chi connectivity index (χ0v) is 9.97. The van der Waals surface area contributed by atoms with Crippen LogP contribution in [0.5, 0.6) is 0 Å². The number of amidine groups is 1. The van der Waals surface area contributed by atoms with Crippen LogP contribution < -0.4 is 5.73 Å². The maximum Gasteiger partial charge on any atom is 0.141 e. The molecule has 0 fully saturated rings. The van der Waals surface area contributed by atoms with E-state index < -0.39 is 11.6 Å². The summed E-state index contributed by atoms with van der Waals surface area (Å²) in [5.41, 5.74) is 6.04. The fraction of sp³-hybridized carbons (Fsp3) is 0. The molecule has 0 unspecified atom stereocenters. The molecule has 0 bridgehead atoms. The maximum absolute atomic E-state index is 13.5. The lowest BCUT2D eigenvalue weighted by atomic mass is 10.1. The number of nitrogens with zero attached hydrogens (tertiary/aromatic N) is 1. The van der Waals surface area contributed by atoms with E-state index in [9.17, 15) is 8.78 Å². The molecular weight excluding hydrogens is 260 g/mol. The van der Waals surface area contributed by atoms with Crippen LogP contribution in [0.25, 0.3) is 11.3 Å². The van der Waals surface area contributed by atoms with Crippen molar-refractivity contribution in [3.8, 4) is 11.3 Å². The average molecular weight is 270 g/mol. The van der Waals surface area contributed by atoms with E-state index in [1.807, 2.05) is 0 Å². The van der Waals surface area contributed by atoms with Crippen LogP contribution in [-0.2, 0) is 0 Å². The number of hydrogen-bond acceptors (Lipinski definition) is 2. The summed E-state index contributed by atoms with van der Waals surface area (Å²) in [6.07, 6.45) is 0. The van der Waals surface area contributed by atoms with Crippen LogP contribution in [0.2, 0.25) is 0 Å². The maximum atomic E-state index is 13.5. The zero-order valence-electron chi connectivity index (χ0n) is 9.15. The average Bonchev–Trinajstić information content (AvgIpc) is 2.29. The minimum absolute atomic E-state index is 0. The van der Waals surface area contributed by atoms with Crippen molar-refractivity contribution in [3.63, 3.8) is 0 Å². The van der Waals surface area contributed by atoms with Crippen LogP contribution in [0.3, 0.4) is 0 Å². The molecule has 0 atom stereocenters. The molecule has 1 aromatic carbocycles. The number of nitrogen functional groups attached to an aromatic ring is 1. The van der Waals surface area contributed by atoms with E-state index in [1.165, 1.54) is 6.07 Å². The van der Waals surface area contributed by atoms with Crippen molar-refractivity contribution in [2.75, 3.05) is 0 Å². The van der Waals surface area contributed by atoms with Crippen molar-refractivity contribution < 1.29 is 8.78 Å². The molecule has 0 aliphatic heterocycles. The number of halogens is 3. The predicted molar refractivity (Wildman–Crippen MR) is 67.9 cm³/mol. The Morgan fingerprint density at radius 2 is 1.89 bits per heavy atom. The Hall–Kier alpha value is -2.01. The number of aromatic nitrogens is 1. The van der Waals surface area contributed by atoms with E-state index in [-0.39, 0.29) is 29.5 Å². The lowest BCUT2D eigenvalue weighted by molar-refractivity contribution is 0.585. The zero-order chi connectivity index (χ0) is 12.4. The molecule has 1 aromatic heterocycles. The van der Waals surface area contributed by atoms with Crippen LogP contribution in [0, 0.1) is 17.0 Å². The smallest absolute Gasteiger partial charge is 0.141 e. The van der Waals surface area contributed by atoms with Gasteiger partial charge in [0.15, 0.2) is 0 Å². The van der Waals surface area contributed by atoms with Crippen molar-refractivity contribution >= 4 is 18.2 Å². The third kappa shape index (κ3) is 2.81. The quantitative estimate of drug-likeness (QED) is 0.650. The van der Waals surface area contributed by atoms with Gasteiger partial charge in [-0.2, -0.15) is 0 Å². The van der Waals surface area contributed by atoms with E-state index in [2.05, 4.69) is 4.98 Å². The first kappa shape index (κ1) is 14.1. The van der Waals surface area contributed by atoms with E-state index >= 15 is 0 Å². The van der Waals surface area contributed by atoms with Crippen LogP contribution in [0.4, 0.5) is 8.78 Å². The SMILES string of the molecule is Cl.N=C(N)c1cccc(-c2ccc(F)cc2F)n1. The van der Waals surface area contributed by atoms with E-state index in [4.69, 9.17) is 11.1 Å². The molecule has 0 saturated heterocycles. The second kappa shape index (κ2) is 5.55. The summed E-state index contributed by atoms with van der Waals surface area (Å²) in [6, 6.07) is 7.98. The van der Waals surface area contributed by atoms with Gasteiger partial charge in [-0.15, -0.1) is 12.4 Å². The van der Waals surface area contributed by atoms with Gasteiger partial charge in [0.25, 0.3) is 0 Å². The second-order valence-electron chi connectivity index (χ2n) is 3.45. The molecule has 0 saturated carbocycles. The number of pyridine rings is 1. The first-order chi connectivity index (χ1) is 8.08. The highest BCUT2D eigenvalue weighted by Gasteiger charge is 2.08. The molecule has 0 aliphatic rings. The molecule has 18 heavy (non-hydrogen) atoms. The van der Waals surface area contributed by atoms with Gasteiger partial charge in [0, 0.05) is 11.6 Å². The standard InChI is InChI=1S/C12H9F2N3.ClH/c13-7-4-5-8(9(14)6-7)10-2-1-3-11(17-10)12(15)16;/h1-6H,(H3,15,16);1H. The van der Waals surface area contributed by atoms with Crippen LogP contribution in [0.1, 0.15) is 5.69 Å². The molecular formula is C12H10ClF2N3. The van der Waals surface area contributed by atoms with Gasteiger partial charge in [-0.05, 0) is 24.3 Å². The highest BCUT2D eigenvalue weighted by atomic mass is 35.5. The number of hydrogen-bond donors (Lipinski definition) is 2. The Labute approximate surface area is 109 Å². The van der Waals surface area contributed by atoms with Gasteiger partial charge in [0.05, 0.1) is 5.69 Å². The number of benzene rings is 1. The Bertz CT molecular complexity index is 587. The van der Waals surface area contributed by atoms with Gasteiger partial charge >= 0.3 is 0 Å². The van der Waals surface area contributed by atoms with Crippen molar-refractivity contribution in [2.45, 2.75) is 0 Å². The van der Waals surface area contributed by atoms with Crippen LogP contribution in [0.15, 0.2) is 36.4 Å². The molecule has 94 valence electrons. The Morgan fingerprint density at radius 1 is 1.17 bits per heavy atom. The number of nitrogens with two attached hydrogens (primary N) is 1. The van der Waals surface area contributed by atoms with Gasteiger partial charge in [0.2, 0.25) is 0 Å². The van der Waals surface area contributed by atoms with Gasteiger partial charge < -0.3 is 5.73 Å². The number of rotatable bonds is 2. The van der Waals surface area contributed by atoms with E-state index in [1.54, 1.807) is 18.2 Å². The molecule has 2 aromatic rings. The summed E-state index contributed by atoms with van der Waals surface area (Å²) < 4.78 is 26.3. The van der Waals surface area contributed by atoms with Crippen molar-refractivity contribution in [3.05, 3.63) is 53.7 Å². The Balaban J connectivity index is 0.00000162. The molecule has 0 aliphatic carbocycles. The monoisotopic (exact) mass is 269 g/mol. The minimum Gasteiger partial charge on any atom is -0.382 e. The molecule has 1 heterocycles. The topological polar surface area (TPSA) is 62.8 Å². The summed E-state index contributed by atoms with van der Waals surface area (Å²) >= 11 is 0. The fourth-order valence-electron chi connectivity index (χ4n) is 1.43. The Morgan fingerprint density at radius 3 is 2.50 bits per heavy atom. The molecule has 2 rings (SSSR count). The summed E-state index contributed by atoms with van der Waals surface area (Å²) in [5, 5.41) is 7.24. The summed E-state index contributed by atoms with van der Waals surface area (Å²) in [6.45, 7) is 0. The Kier molecular flexibility index (Phi) is 4.33. The predicted octanol–water partition coefficient (Wildman–Crippen LogP) is 2.73. The lowest BCUT2D eigenvalue weighted by Crippen LogP contribution is -2.13. The normalized spacial score (nSPS) is 9.67. The third-order valence-electron chi connectivity index (χ3n) is 2.23. The minimum atomic E-state index is -0.696. The molecule has 0 spiro atoms. The summed E-state index contributed by atoms with van der Waals surface area (Å²) in [4.78, 5) is 4.02. The first-order valence-electron chi connectivity index (χ1n) is 4.85. The van der Waals surface area contributed by atoms with Crippen molar-refractivity contribution in [1.29, 1.82) is 5.41 Å². The fourth-order valence-corrected chi connectivity index (χ4v) is 1.43. The first-order valence-corrected chi connectivity index (χ1v) is 4.85. The summed E-state index contributed by atoms with van der Waals surface area (Å²) in [7, 11) is 0. The highest BCUT2D eigenvalue weighted by molar-refractivity contribution is 5.93. The van der Waals surface area contributed by atoms with Crippen LogP contribution >= 0.6 is 12.4 Å². The van der Waals surface area contributed by atoms with E-state index in [0.29, 0.717) is 5.69 Å². The van der Waals surface area contributed by atoms with Gasteiger partial charge in [0.1, 0.15) is 23.2 Å². The third-order valence-corrected chi connectivity index (χ3v) is 2.23. The molecule has 3 N–H and O–H groups in total. The number of nitrogens with one attached hydrogen (secondary N) is 1. The molecule has 0 amide bonds. The summed E-state index contributed by atoms with van der Waals surface area (Å²) in [5.74, 6) is -1.54. The van der Waals surface area contributed by atoms with Gasteiger partial charge in [-0.3, -0.25) is 5.41 Å². The van der Waals surface area contributed by atoms with Crippen molar-refractivity contribution in [2.24, 2.45) is 5.73 Å². The molecule has 6 heteroatoms. The van der Waals surface area contributed by atoms with Crippen LogP contribution in [-0.4, -0.2) is 10.8 Å². The largest absolute Gasteiger partial charge is 0.382 e. The van der Waals surface area contributed by atoms with E-state index in [0.717, 1.165) is 12.1 Å². The molecule has 3 nitrogen and oxygen atoms in total.